The topological polar surface area (TPSA) is 63.8 Å². The highest BCUT2D eigenvalue weighted by molar-refractivity contribution is 9.11. The van der Waals surface area contributed by atoms with E-state index in [4.69, 9.17) is 32.4 Å². The van der Waals surface area contributed by atoms with Gasteiger partial charge < -0.3 is 9.15 Å². The van der Waals surface area contributed by atoms with E-state index in [0.29, 0.717) is 32.9 Å². The Morgan fingerprint density at radius 2 is 1.90 bits per heavy atom. The lowest BCUT2D eigenvalue weighted by atomic mass is 10.2. The molecule has 0 saturated heterocycles. The fourth-order valence-electron chi connectivity index (χ4n) is 2.42. The van der Waals surface area contributed by atoms with Crippen LogP contribution in [0.25, 0.3) is 11.3 Å². The molecule has 0 radical (unpaired) electrons. The van der Waals surface area contributed by atoms with Gasteiger partial charge in [-0.2, -0.15) is 5.10 Å². The molecule has 0 aliphatic heterocycles. The third-order valence-electron chi connectivity index (χ3n) is 3.69. The van der Waals surface area contributed by atoms with Crippen LogP contribution >= 0.6 is 55.1 Å². The predicted octanol–water partition coefficient (Wildman–Crippen LogP) is 6.62. The molecule has 0 fully saturated rings. The van der Waals surface area contributed by atoms with Crippen molar-refractivity contribution < 1.29 is 13.9 Å². The number of carbonyl (C=O) groups is 1. The summed E-state index contributed by atoms with van der Waals surface area (Å²) in [5.74, 6) is 1.16. The highest BCUT2D eigenvalue weighted by Gasteiger charge is 2.11. The molecule has 1 amide bonds. The van der Waals surface area contributed by atoms with Gasteiger partial charge in [-0.05, 0) is 86.8 Å². The molecule has 2 aromatic carbocycles. The Hall–Kier alpha value is -1.80. The fourth-order valence-corrected chi connectivity index (χ4v) is 4.56. The molecule has 0 aliphatic carbocycles. The standard InChI is InChI=1S/C20H14Br2Cl2N2O3/c1-11-6-15(21)20(16(22)7-11)28-10-19(27)26-25-9-13-3-5-18(29-13)14-4-2-12(23)8-17(14)24/h2-9H,10H2,1H3,(H,26,27)/b25-9-. The van der Waals surface area contributed by atoms with Gasteiger partial charge in [0.15, 0.2) is 6.61 Å². The molecule has 0 spiro atoms. The first-order valence-electron chi connectivity index (χ1n) is 8.29. The number of amides is 1. The average molecular weight is 561 g/mol. The van der Waals surface area contributed by atoms with E-state index in [9.17, 15) is 4.79 Å². The van der Waals surface area contributed by atoms with Gasteiger partial charge >= 0.3 is 0 Å². The minimum Gasteiger partial charge on any atom is -0.481 e. The largest absolute Gasteiger partial charge is 0.481 e. The van der Waals surface area contributed by atoms with Gasteiger partial charge in [-0.25, -0.2) is 5.43 Å². The molecule has 0 atom stereocenters. The van der Waals surface area contributed by atoms with Crippen LogP contribution in [0.3, 0.4) is 0 Å². The van der Waals surface area contributed by atoms with Crippen LogP contribution in [0.5, 0.6) is 5.75 Å². The Morgan fingerprint density at radius 1 is 1.17 bits per heavy atom. The van der Waals surface area contributed by atoms with Gasteiger partial charge in [0.05, 0.1) is 20.2 Å². The number of carbonyl (C=O) groups excluding carboxylic acids is 1. The zero-order valence-electron chi connectivity index (χ0n) is 15.0. The molecule has 1 N–H and O–H groups in total. The van der Waals surface area contributed by atoms with Gasteiger partial charge in [0.25, 0.3) is 5.91 Å². The molecular formula is C20H14Br2Cl2N2O3. The van der Waals surface area contributed by atoms with E-state index < -0.39 is 5.91 Å². The third kappa shape index (κ3) is 5.85. The van der Waals surface area contributed by atoms with Crippen molar-refractivity contribution in [1.82, 2.24) is 5.43 Å². The number of hydrogen-bond acceptors (Lipinski definition) is 4. The van der Waals surface area contributed by atoms with Gasteiger partial charge in [-0.1, -0.05) is 23.2 Å². The van der Waals surface area contributed by atoms with E-state index in [1.54, 1.807) is 30.3 Å². The van der Waals surface area contributed by atoms with E-state index in [1.807, 2.05) is 19.1 Å². The van der Waals surface area contributed by atoms with Crippen LogP contribution in [0.2, 0.25) is 10.0 Å². The predicted molar refractivity (Wildman–Crippen MR) is 122 cm³/mol. The minimum atomic E-state index is -0.409. The average Bonchev–Trinajstić information content (AvgIpc) is 3.09. The van der Waals surface area contributed by atoms with Crippen LogP contribution in [-0.2, 0) is 4.79 Å². The summed E-state index contributed by atoms with van der Waals surface area (Å²) in [6.45, 7) is 1.77. The molecule has 29 heavy (non-hydrogen) atoms. The van der Waals surface area contributed by atoms with Crippen molar-refractivity contribution in [3.63, 3.8) is 0 Å². The molecule has 0 aliphatic rings. The second kappa shape index (κ2) is 9.80. The summed E-state index contributed by atoms with van der Waals surface area (Å²) in [6, 6.07) is 12.4. The van der Waals surface area contributed by atoms with Crippen molar-refractivity contribution in [2.45, 2.75) is 6.92 Å². The monoisotopic (exact) mass is 558 g/mol. The second-order valence-corrected chi connectivity index (χ2v) is 8.52. The van der Waals surface area contributed by atoms with E-state index in [-0.39, 0.29) is 6.61 Å². The summed E-state index contributed by atoms with van der Waals surface area (Å²) in [6.07, 6.45) is 1.39. The number of benzene rings is 2. The first-order valence-corrected chi connectivity index (χ1v) is 10.6. The van der Waals surface area contributed by atoms with Crippen molar-refractivity contribution in [1.29, 1.82) is 0 Å². The lowest BCUT2D eigenvalue weighted by Gasteiger charge is -2.10. The van der Waals surface area contributed by atoms with Gasteiger partial charge in [0.1, 0.15) is 17.3 Å². The molecule has 3 rings (SSSR count). The molecular weight excluding hydrogens is 547 g/mol. The van der Waals surface area contributed by atoms with E-state index in [0.717, 1.165) is 14.5 Å². The number of ether oxygens (including phenoxy) is 1. The second-order valence-electron chi connectivity index (χ2n) is 5.97. The van der Waals surface area contributed by atoms with Crippen LogP contribution in [0.4, 0.5) is 0 Å². The lowest BCUT2D eigenvalue weighted by Crippen LogP contribution is -2.24. The highest BCUT2D eigenvalue weighted by Crippen LogP contribution is 2.34. The number of rotatable bonds is 6. The van der Waals surface area contributed by atoms with Crippen LogP contribution in [0.1, 0.15) is 11.3 Å². The van der Waals surface area contributed by atoms with Gasteiger partial charge in [-0.3, -0.25) is 4.79 Å². The summed E-state index contributed by atoms with van der Waals surface area (Å²) < 4.78 is 12.7. The molecule has 0 unspecified atom stereocenters. The minimum absolute atomic E-state index is 0.193. The number of nitrogens with one attached hydrogen (secondary N) is 1. The van der Waals surface area contributed by atoms with E-state index in [2.05, 4.69) is 42.4 Å². The van der Waals surface area contributed by atoms with Crippen LogP contribution in [0.15, 0.2) is 60.9 Å². The normalized spacial score (nSPS) is 11.1. The molecule has 1 aromatic heterocycles. The van der Waals surface area contributed by atoms with E-state index >= 15 is 0 Å². The first kappa shape index (κ1) is 21.9. The van der Waals surface area contributed by atoms with Crippen molar-refractivity contribution in [2.24, 2.45) is 5.10 Å². The van der Waals surface area contributed by atoms with Gasteiger partial charge in [0, 0.05) is 10.6 Å². The zero-order chi connectivity index (χ0) is 21.0. The molecule has 0 bridgehead atoms. The van der Waals surface area contributed by atoms with E-state index in [1.165, 1.54) is 6.21 Å². The molecule has 3 aromatic rings. The number of halogens is 4. The maximum Gasteiger partial charge on any atom is 0.277 e. The number of hydrogen-bond donors (Lipinski definition) is 1. The molecule has 9 heteroatoms. The van der Waals surface area contributed by atoms with Gasteiger partial charge in [-0.15, -0.1) is 0 Å². The first-order chi connectivity index (χ1) is 13.8. The van der Waals surface area contributed by atoms with Crippen LogP contribution in [-0.4, -0.2) is 18.7 Å². The Kier molecular flexibility index (Phi) is 7.40. The summed E-state index contributed by atoms with van der Waals surface area (Å²) >= 11 is 18.9. The summed E-state index contributed by atoms with van der Waals surface area (Å²) in [4.78, 5) is 12.0. The SMILES string of the molecule is Cc1cc(Br)c(OCC(=O)N/N=C\c2ccc(-c3ccc(Cl)cc3Cl)o2)c(Br)c1. The Morgan fingerprint density at radius 3 is 2.59 bits per heavy atom. The summed E-state index contributed by atoms with van der Waals surface area (Å²) in [5, 5.41) is 4.90. The number of hydrazone groups is 1. The Labute approximate surface area is 194 Å². The fraction of sp³-hybridized carbons (Fsp3) is 0.100. The molecule has 0 saturated carbocycles. The molecule has 5 nitrogen and oxygen atoms in total. The Balaban J connectivity index is 1.56. The summed E-state index contributed by atoms with van der Waals surface area (Å²) in [5.41, 5.74) is 4.16. The van der Waals surface area contributed by atoms with Crippen molar-refractivity contribution >= 4 is 67.2 Å². The summed E-state index contributed by atoms with van der Waals surface area (Å²) in [7, 11) is 0. The number of furan rings is 1. The van der Waals surface area contributed by atoms with Crippen LogP contribution in [0, 0.1) is 6.92 Å². The molecule has 150 valence electrons. The Bertz CT molecular complexity index is 1060. The van der Waals surface area contributed by atoms with Crippen molar-refractivity contribution in [2.75, 3.05) is 6.61 Å². The van der Waals surface area contributed by atoms with Gasteiger partial charge in [0.2, 0.25) is 0 Å². The number of nitrogens with zero attached hydrogens (tertiary/aromatic N) is 1. The third-order valence-corrected chi connectivity index (χ3v) is 5.42. The van der Waals surface area contributed by atoms with Crippen LogP contribution < -0.4 is 10.2 Å². The highest BCUT2D eigenvalue weighted by atomic mass is 79.9. The smallest absolute Gasteiger partial charge is 0.277 e. The quantitative estimate of drug-likeness (QED) is 0.272. The molecule has 1 heterocycles. The maximum absolute atomic E-state index is 12.0. The zero-order valence-corrected chi connectivity index (χ0v) is 19.7. The lowest BCUT2D eigenvalue weighted by molar-refractivity contribution is -0.123. The van der Waals surface area contributed by atoms with Crippen molar-refractivity contribution in [3.05, 3.63) is 72.8 Å². The maximum atomic E-state index is 12.0. The van der Waals surface area contributed by atoms with Crippen molar-refractivity contribution in [3.8, 4) is 17.1 Å². The number of aryl methyl sites for hydroxylation is 1.